The third kappa shape index (κ3) is 1.26. The van der Waals surface area contributed by atoms with Crippen molar-refractivity contribution in [3.63, 3.8) is 0 Å². The minimum Gasteiger partial charge on any atom is -0.465 e. The van der Waals surface area contributed by atoms with Gasteiger partial charge in [-0.25, -0.2) is 0 Å². The maximum atomic E-state index is 11.7. The summed E-state index contributed by atoms with van der Waals surface area (Å²) in [5, 5.41) is 10.2. The van der Waals surface area contributed by atoms with Crippen molar-refractivity contribution in [3.8, 4) is 0 Å². The summed E-state index contributed by atoms with van der Waals surface area (Å²) in [5.74, 6) is 0.505. The molecule has 0 radical (unpaired) electrons. The molecule has 0 amide bonds. The number of hydrogen-bond donors (Lipinski definition) is 1. The summed E-state index contributed by atoms with van der Waals surface area (Å²) < 4.78 is 10.8. The second kappa shape index (κ2) is 3.70. The van der Waals surface area contributed by atoms with Crippen LogP contribution in [0.5, 0.6) is 0 Å². The number of rotatable bonds is 2. The monoisotopic (exact) mass is 226 g/mol. The lowest BCUT2D eigenvalue weighted by Crippen LogP contribution is -2.58. The lowest BCUT2D eigenvalue weighted by molar-refractivity contribution is -0.177. The van der Waals surface area contributed by atoms with E-state index in [2.05, 4.69) is 0 Å². The number of cyclic esters (lactones) is 1. The van der Waals surface area contributed by atoms with Crippen LogP contribution in [0, 0.1) is 23.7 Å². The highest BCUT2D eigenvalue weighted by atomic mass is 16.5. The van der Waals surface area contributed by atoms with Crippen LogP contribution in [-0.2, 0) is 14.3 Å². The van der Waals surface area contributed by atoms with E-state index in [9.17, 15) is 9.90 Å². The van der Waals surface area contributed by atoms with Crippen LogP contribution < -0.4 is 0 Å². The Hall–Kier alpha value is -0.610. The van der Waals surface area contributed by atoms with E-state index < -0.39 is 6.10 Å². The highest BCUT2D eigenvalue weighted by Crippen LogP contribution is 2.52. The van der Waals surface area contributed by atoms with E-state index in [0.29, 0.717) is 13.2 Å². The van der Waals surface area contributed by atoms with Gasteiger partial charge < -0.3 is 14.6 Å². The molecule has 16 heavy (non-hydrogen) atoms. The van der Waals surface area contributed by atoms with E-state index in [0.717, 1.165) is 12.8 Å². The Kier molecular flexibility index (Phi) is 2.44. The first kappa shape index (κ1) is 10.5. The molecule has 1 N–H and O–H groups in total. The standard InChI is InChI=1S/C12H18O4/c1-2-15-11-7-4-3-6(10(11)13)8-5-16-12(14)9(7)8/h6-11,13H,2-5H2,1H3. The molecule has 4 fully saturated rings. The number of carbonyl (C=O) groups excluding carboxylic acids is 1. The summed E-state index contributed by atoms with van der Waals surface area (Å²) in [6.07, 6.45) is 1.43. The fraction of sp³-hybridized carbons (Fsp3) is 0.917. The van der Waals surface area contributed by atoms with Gasteiger partial charge in [-0.2, -0.15) is 0 Å². The van der Waals surface area contributed by atoms with Gasteiger partial charge >= 0.3 is 5.97 Å². The van der Waals surface area contributed by atoms with E-state index >= 15 is 0 Å². The molecule has 0 aromatic heterocycles. The number of aliphatic hydroxyl groups excluding tert-OH is 1. The minimum atomic E-state index is -0.408. The summed E-state index contributed by atoms with van der Waals surface area (Å²) >= 11 is 0. The number of fused-ring (bicyclic) bond motifs is 2. The Bertz CT molecular complexity index is 303. The van der Waals surface area contributed by atoms with Crippen LogP contribution in [0.25, 0.3) is 0 Å². The molecule has 0 spiro atoms. The first-order chi connectivity index (χ1) is 7.74. The molecule has 1 aliphatic heterocycles. The highest BCUT2D eigenvalue weighted by molar-refractivity contribution is 5.75. The molecule has 0 aromatic carbocycles. The number of carbonyl (C=O) groups is 1. The smallest absolute Gasteiger partial charge is 0.309 e. The van der Waals surface area contributed by atoms with Gasteiger partial charge in [-0.1, -0.05) is 0 Å². The molecule has 3 saturated carbocycles. The third-order valence-electron chi connectivity index (χ3n) is 4.55. The SMILES string of the molecule is CCOC1C(O)C2CCC1C1C(=O)OCC21. The van der Waals surface area contributed by atoms with Crippen molar-refractivity contribution < 1.29 is 19.4 Å². The van der Waals surface area contributed by atoms with E-state index in [1.165, 1.54) is 0 Å². The van der Waals surface area contributed by atoms with Crippen LogP contribution in [0.15, 0.2) is 0 Å². The maximum absolute atomic E-state index is 11.7. The average molecular weight is 226 g/mol. The molecule has 1 heterocycles. The van der Waals surface area contributed by atoms with Crippen LogP contribution in [0.2, 0.25) is 0 Å². The average Bonchev–Trinajstić information content (AvgIpc) is 2.67. The Morgan fingerprint density at radius 1 is 1.38 bits per heavy atom. The number of aliphatic hydroxyl groups is 1. The molecule has 3 aliphatic carbocycles. The predicted molar refractivity (Wildman–Crippen MR) is 55.6 cm³/mol. The molecular weight excluding hydrogens is 208 g/mol. The molecule has 4 nitrogen and oxygen atoms in total. The van der Waals surface area contributed by atoms with Gasteiger partial charge in [-0.3, -0.25) is 4.79 Å². The number of ether oxygens (including phenoxy) is 2. The van der Waals surface area contributed by atoms with Crippen molar-refractivity contribution in [3.05, 3.63) is 0 Å². The highest BCUT2D eigenvalue weighted by Gasteiger charge is 2.59. The summed E-state index contributed by atoms with van der Waals surface area (Å²) in [6.45, 7) is 3.03. The number of hydrogen-bond acceptors (Lipinski definition) is 4. The normalized spacial score (nSPS) is 50.2. The van der Waals surface area contributed by atoms with Crippen LogP contribution in [0.1, 0.15) is 19.8 Å². The first-order valence-corrected chi connectivity index (χ1v) is 6.20. The van der Waals surface area contributed by atoms with Crippen molar-refractivity contribution in [2.24, 2.45) is 23.7 Å². The second-order valence-corrected chi connectivity index (χ2v) is 5.14. The molecule has 90 valence electrons. The topological polar surface area (TPSA) is 55.8 Å². The van der Waals surface area contributed by atoms with E-state index in [-0.39, 0.29) is 35.7 Å². The minimum absolute atomic E-state index is 0.0151. The number of esters is 1. The van der Waals surface area contributed by atoms with Gasteiger partial charge in [-0.05, 0) is 25.7 Å². The Morgan fingerprint density at radius 2 is 2.12 bits per heavy atom. The Balaban J connectivity index is 1.89. The van der Waals surface area contributed by atoms with Crippen molar-refractivity contribution in [2.75, 3.05) is 13.2 Å². The van der Waals surface area contributed by atoms with Crippen LogP contribution in [-0.4, -0.2) is 36.5 Å². The molecule has 6 unspecified atom stereocenters. The summed E-state index contributed by atoms with van der Waals surface area (Å²) in [7, 11) is 0. The quantitative estimate of drug-likeness (QED) is 0.700. The molecule has 4 aliphatic rings. The van der Waals surface area contributed by atoms with Crippen molar-refractivity contribution >= 4 is 5.97 Å². The summed E-state index contributed by atoms with van der Waals surface area (Å²) in [4.78, 5) is 11.7. The van der Waals surface area contributed by atoms with Crippen LogP contribution in [0.3, 0.4) is 0 Å². The zero-order valence-corrected chi connectivity index (χ0v) is 9.46. The molecule has 1 saturated heterocycles. The lowest BCUT2D eigenvalue weighted by Gasteiger charge is -2.50. The predicted octanol–water partition coefficient (Wildman–Crippen LogP) is 0.581. The van der Waals surface area contributed by atoms with Gasteiger partial charge in [0.15, 0.2) is 0 Å². The van der Waals surface area contributed by atoms with Crippen LogP contribution in [0.4, 0.5) is 0 Å². The summed E-state index contributed by atoms with van der Waals surface area (Å²) in [5.41, 5.74) is 0. The van der Waals surface area contributed by atoms with E-state index in [4.69, 9.17) is 9.47 Å². The van der Waals surface area contributed by atoms with Gasteiger partial charge in [0.25, 0.3) is 0 Å². The lowest BCUT2D eigenvalue weighted by atomic mass is 9.57. The van der Waals surface area contributed by atoms with Gasteiger partial charge in [0, 0.05) is 18.4 Å². The largest absolute Gasteiger partial charge is 0.465 e. The molecule has 6 atom stereocenters. The zero-order valence-electron chi connectivity index (χ0n) is 9.46. The van der Waals surface area contributed by atoms with E-state index in [1.54, 1.807) is 0 Å². The maximum Gasteiger partial charge on any atom is 0.309 e. The van der Waals surface area contributed by atoms with E-state index in [1.807, 2.05) is 6.92 Å². The second-order valence-electron chi connectivity index (χ2n) is 5.14. The Labute approximate surface area is 94.9 Å². The fourth-order valence-electron chi connectivity index (χ4n) is 3.92. The van der Waals surface area contributed by atoms with Gasteiger partial charge in [-0.15, -0.1) is 0 Å². The van der Waals surface area contributed by atoms with Gasteiger partial charge in [0.2, 0.25) is 0 Å². The van der Waals surface area contributed by atoms with Crippen molar-refractivity contribution in [2.45, 2.75) is 32.0 Å². The summed E-state index contributed by atoms with van der Waals surface area (Å²) in [6, 6.07) is 0. The zero-order chi connectivity index (χ0) is 11.3. The molecule has 0 aromatic rings. The first-order valence-electron chi connectivity index (χ1n) is 6.20. The van der Waals surface area contributed by atoms with Crippen molar-refractivity contribution in [1.82, 2.24) is 0 Å². The van der Waals surface area contributed by atoms with Crippen LogP contribution >= 0.6 is 0 Å². The van der Waals surface area contributed by atoms with Gasteiger partial charge in [0.05, 0.1) is 24.7 Å². The molecular formula is C12H18O4. The molecule has 4 heteroatoms. The fourth-order valence-corrected chi connectivity index (χ4v) is 3.92. The third-order valence-corrected chi connectivity index (χ3v) is 4.55. The van der Waals surface area contributed by atoms with Gasteiger partial charge in [0.1, 0.15) is 0 Å². The molecule has 4 rings (SSSR count). The van der Waals surface area contributed by atoms with Crippen molar-refractivity contribution in [1.29, 1.82) is 0 Å². The molecule has 2 bridgehead atoms. The Morgan fingerprint density at radius 3 is 2.88 bits per heavy atom.